The number of furan rings is 1. The van der Waals surface area contributed by atoms with Gasteiger partial charge in [0, 0.05) is 43.5 Å². The van der Waals surface area contributed by atoms with Crippen molar-refractivity contribution in [2.45, 2.75) is 83.1 Å². The van der Waals surface area contributed by atoms with Gasteiger partial charge in [0.15, 0.2) is 23.1 Å². The first-order chi connectivity index (χ1) is 27.1. The Kier molecular flexibility index (Phi) is 13.5. The lowest BCUT2D eigenvalue weighted by Gasteiger charge is -2.31. The van der Waals surface area contributed by atoms with Crippen LogP contribution >= 0.6 is 69.6 Å². The molecule has 0 unspecified atom stereocenters. The van der Waals surface area contributed by atoms with Crippen molar-refractivity contribution in [3.8, 4) is 0 Å². The molecular weight excluding hydrogens is 869 g/mol. The van der Waals surface area contributed by atoms with E-state index in [2.05, 4.69) is 10.2 Å². The molecule has 2 aliphatic carbocycles. The zero-order valence-corrected chi connectivity index (χ0v) is 39.6. The van der Waals surface area contributed by atoms with Crippen LogP contribution in [0.3, 0.4) is 0 Å². The van der Waals surface area contributed by atoms with Crippen molar-refractivity contribution in [3.05, 3.63) is 136 Å². The molecule has 0 spiro atoms. The fourth-order valence-corrected chi connectivity index (χ4v) is 8.10. The van der Waals surface area contributed by atoms with Crippen LogP contribution in [0.25, 0.3) is 11.4 Å². The molecule has 0 bridgehead atoms. The highest BCUT2D eigenvalue weighted by molar-refractivity contribution is 6.42. The lowest BCUT2D eigenvalue weighted by atomic mass is 9.71. The maximum absolute atomic E-state index is 14.0. The maximum atomic E-state index is 14.0. The van der Waals surface area contributed by atoms with Crippen LogP contribution in [-0.4, -0.2) is 11.6 Å². The summed E-state index contributed by atoms with van der Waals surface area (Å²) in [4.78, 5) is 28.0. The van der Waals surface area contributed by atoms with Gasteiger partial charge in [-0.1, -0.05) is 153 Å². The summed E-state index contributed by atoms with van der Waals surface area (Å²) in [7, 11) is 0. The number of benzene rings is 2. The minimum atomic E-state index is -0.527. The number of halogens is 6. The Morgan fingerprint density at radius 3 is 0.949 bits per heavy atom. The third-order valence-electron chi connectivity index (χ3n) is 9.49. The van der Waals surface area contributed by atoms with Gasteiger partial charge < -0.3 is 4.42 Å². The molecule has 7 nitrogen and oxygen atoms in total. The molecule has 0 aliphatic heterocycles. The van der Waals surface area contributed by atoms with E-state index in [1.165, 1.54) is 24.3 Å². The first-order valence-electron chi connectivity index (χ1n) is 18.8. The molecule has 2 aromatic carbocycles. The molecule has 0 saturated carbocycles. The standard InChI is InChI=1S/C46H46Cl6N4O3/c1-43(2,3)27-15-23(16-28(41(27)57)44(4,5)6)37(53-55-39-31(49)19-25(47)20-32(39)50)35-13-14-36(59-35)38(54-56-40-33(51)21-26(48)22-34(40)52)24-17-29(45(7,8)9)42(58)30(18-24)46(10,11)12/h13-22H,1-12H3/b55-53+,56-54+. The van der Waals surface area contributed by atoms with Crippen molar-refractivity contribution in [2.24, 2.45) is 42.1 Å². The second-order valence-corrected chi connectivity index (χ2v) is 21.0. The lowest BCUT2D eigenvalue weighted by molar-refractivity contribution is -0.114. The highest BCUT2D eigenvalue weighted by Crippen LogP contribution is 2.45. The van der Waals surface area contributed by atoms with Crippen molar-refractivity contribution in [1.29, 1.82) is 0 Å². The largest absolute Gasteiger partial charge is 0.453 e. The summed E-state index contributed by atoms with van der Waals surface area (Å²) in [6.07, 6.45) is 7.25. The second kappa shape index (κ2) is 17.1. The molecule has 0 fully saturated rings. The number of ketones is 2. The van der Waals surface area contributed by atoms with E-state index in [0.717, 1.165) is 0 Å². The Labute approximate surface area is 376 Å². The Morgan fingerprint density at radius 1 is 0.458 bits per heavy atom. The van der Waals surface area contributed by atoms with Gasteiger partial charge in [0.2, 0.25) is 0 Å². The molecule has 1 heterocycles. The van der Waals surface area contributed by atoms with Gasteiger partial charge in [-0.25, -0.2) is 0 Å². The van der Waals surface area contributed by atoms with E-state index in [-0.39, 0.29) is 65.9 Å². The molecule has 2 aliphatic rings. The predicted molar refractivity (Wildman–Crippen MR) is 245 cm³/mol. The van der Waals surface area contributed by atoms with Crippen LogP contribution in [0.5, 0.6) is 0 Å². The van der Waals surface area contributed by atoms with Crippen molar-refractivity contribution in [1.82, 2.24) is 0 Å². The zero-order chi connectivity index (χ0) is 44.2. The predicted octanol–water partition coefficient (Wildman–Crippen LogP) is 17.2. The van der Waals surface area contributed by atoms with E-state index in [0.29, 0.717) is 43.5 Å². The number of allylic oxidation sites excluding steroid dienone is 10. The van der Waals surface area contributed by atoms with Crippen LogP contribution in [0.2, 0.25) is 30.1 Å². The van der Waals surface area contributed by atoms with Gasteiger partial charge in [-0.3, -0.25) is 9.59 Å². The number of carbonyl (C=O) groups is 2. The van der Waals surface area contributed by atoms with E-state index < -0.39 is 21.7 Å². The molecule has 3 aromatic rings. The average Bonchev–Trinajstić information content (AvgIpc) is 3.55. The summed E-state index contributed by atoms with van der Waals surface area (Å²) in [5, 5.41) is 19.9. The number of carbonyl (C=O) groups excluding carboxylic acids is 2. The molecule has 13 heteroatoms. The van der Waals surface area contributed by atoms with Gasteiger partial charge in [-0.15, -0.1) is 20.5 Å². The summed E-state index contributed by atoms with van der Waals surface area (Å²) >= 11 is 38.7. The third kappa shape index (κ3) is 10.5. The maximum Gasteiger partial charge on any atom is 0.186 e. The smallest absolute Gasteiger partial charge is 0.186 e. The first kappa shape index (κ1) is 46.5. The van der Waals surface area contributed by atoms with Crippen molar-refractivity contribution < 1.29 is 14.0 Å². The molecular formula is C46H46Cl6N4O3. The van der Waals surface area contributed by atoms with Gasteiger partial charge in [0.25, 0.3) is 0 Å². The van der Waals surface area contributed by atoms with Crippen LogP contribution in [0, 0.1) is 21.7 Å². The van der Waals surface area contributed by atoms with E-state index in [1.807, 2.05) is 107 Å². The number of nitrogens with zero attached hydrogens (tertiary/aromatic N) is 4. The van der Waals surface area contributed by atoms with Crippen LogP contribution in [-0.2, 0) is 9.59 Å². The molecule has 1 aromatic heterocycles. The number of Topliss-reactive ketones (excluding diaryl/α,β-unsaturated/α-hetero) is 2. The normalized spacial score (nSPS) is 15.9. The van der Waals surface area contributed by atoms with Gasteiger partial charge >= 0.3 is 0 Å². The zero-order valence-electron chi connectivity index (χ0n) is 35.1. The van der Waals surface area contributed by atoms with Crippen molar-refractivity contribution in [3.63, 3.8) is 0 Å². The molecule has 0 saturated heterocycles. The summed E-state index contributed by atoms with van der Waals surface area (Å²) in [6, 6.07) is 9.53. The lowest BCUT2D eigenvalue weighted by Crippen LogP contribution is -2.28. The molecule has 0 radical (unpaired) electrons. The molecule has 0 N–H and O–H groups in total. The van der Waals surface area contributed by atoms with Gasteiger partial charge in [0.1, 0.15) is 22.8 Å². The van der Waals surface area contributed by atoms with E-state index in [9.17, 15) is 9.59 Å². The monoisotopic (exact) mass is 912 g/mol. The van der Waals surface area contributed by atoms with E-state index in [1.54, 1.807) is 12.1 Å². The van der Waals surface area contributed by atoms with E-state index in [4.69, 9.17) is 84.3 Å². The van der Waals surface area contributed by atoms with E-state index >= 15 is 0 Å². The topological polar surface area (TPSA) is 96.7 Å². The number of hydrogen-bond donors (Lipinski definition) is 0. The molecule has 59 heavy (non-hydrogen) atoms. The van der Waals surface area contributed by atoms with Crippen LogP contribution in [0.15, 0.2) is 119 Å². The minimum absolute atomic E-state index is 0.0596. The second-order valence-electron chi connectivity index (χ2n) is 18.5. The first-order valence-corrected chi connectivity index (χ1v) is 21.0. The van der Waals surface area contributed by atoms with Crippen molar-refractivity contribution >= 4 is 104 Å². The molecule has 0 atom stereocenters. The quantitative estimate of drug-likeness (QED) is 0.230. The number of azo groups is 2. The summed E-state index contributed by atoms with van der Waals surface area (Å²) in [5.74, 6) is 0.420. The fraction of sp³-hybridized carbons (Fsp3) is 0.348. The van der Waals surface area contributed by atoms with Gasteiger partial charge in [-0.2, -0.15) is 0 Å². The highest BCUT2D eigenvalue weighted by atomic mass is 35.5. The Balaban J connectivity index is 1.88. The molecule has 5 rings (SSSR count). The average molecular weight is 916 g/mol. The van der Waals surface area contributed by atoms with Gasteiger partial charge in [0.05, 0.1) is 20.1 Å². The molecule has 0 amide bonds. The SMILES string of the molecule is CC(C)(C)C1=CC(=C(/N=N/c2c(Cl)cc(Cl)cc2Cl)c2ccc(C(/N=N/c3c(Cl)cc(Cl)cc3Cl)=C3C=C(C(C)(C)C)C(=O)C(C(C)(C)C)=C3)o2)C=C(C(C)(C)C)C1=O. The third-order valence-corrected chi connectivity index (χ3v) is 11.1. The minimum Gasteiger partial charge on any atom is -0.453 e. The molecule has 310 valence electrons. The van der Waals surface area contributed by atoms with Crippen molar-refractivity contribution in [2.75, 3.05) is 0 Å². The fourth-order valence-electron chi connectivity index (χ4n) is 6.31. The summed E-state index contributed by atoms with van der Waals surface area (Å²) in [6.45, 7) is 23.8. The van der Waals surface area contributed by atoms with Crippen LogP contribution in [0.1, 0.15) is 94.6 Å². The van der Waals surface area contributed by atoms with Crippen LogP contribution < -0.4 is 0 Å². The van der Waals surface area contributed by atoms with Crippen LogP contribution in [0.4, 0.5) is 11.4 Å². The Hall–Kier alpha value is -3.56. The highest BCUT2D eigenvalue weighted by Gasteiger charge is 2.37. The Morgan fingerprint density at radius 2 is 0.712 bits per heavy atom. The number of rotatable bonds is 6. The Bertz CT molecular complexity index is 2230. The van der Waals surface area contributed by atoms with Gasteiger partial charge in [-0.05, 0) is 82.4 Å². The summed E-state index contributed by atoms with van der Waals surface area (Å²) < 4.78 is 6.70. The number of hydrogen-bond acceptors (Lipinski definition) is 7. The summed E-state index contributed by atoms with van der Waals surface area (Å²) in [5.41, 5.74) is 2.29.